The van der Waals surface area contributed by atoms with Gasteiger partial charge in [-0.3, -0.25) is 9.69 Å². The number of hydrogen-bond acceptors (Lipinski definition) is 3. The Morgan fingerprint density at radius 1 is 1.04 bits per heavy atom. The second-order valence-electron chi connectivity index (χ2n) is 7.80. The van der Waals surface area contributed by atoms with Gasteiger partial charge < -0.3 is 14.5 Å². The van der Waals surface area contributed by atoms with Crippen molar-refractivity contribution in [2.45, 2.75) is 45.1 Å². The topological polar surface area (TPSA) is 53.1 Å². The van der Waals surface area contributed by atoms with Crippen molar-refractivity contribution in [3.63, 3.8) is 0 Å². The zero-order valence-corrected chi connectivity index (χ0v) is 16.1. The molecule has 0 unspecified atom stereocenters. The average molecular weight is 371 g/mol. The van der Waals surface area contributed by atoms with E-state index >= 15 is 0 Å². The minimum absolute atomic E-state index is 0.0260. The standard InChI is InChI=1S/C21H29N3O3/c1-2-17-15-24(18-7-3-4-8-19(18)27-17)21(26)23-13-9-16(10-14-23)20(25)22-11-5-6-12-22/h3-4,7-8,16-17H,2,5-6,9-15H2,1H3/t17-/m1/s1. The number of carbonyl (C=O) groups excluding carboxylic acids is 2. The number of carbonyl (C=O) groups is 2. The third-order valence-electron chi connectivity index (χ3n) is 6.05. The summed E-state index contributed by atoms with van der Waals surface area (Å²) in [5, 5.41) is 0. The SMILES string of the molecule is CC[C@@H]1CN(C(=O)N2CCC(C(=O)N3CCCC3)CC2)c2ccccc2O1. The van der Waals surface area contributed by atoms with E-state index in [0.29, 0.717) is 25.5 Å². The molecule has 4 rings (SSSR count). The quantitative estimate of drug-likeness (QED) is 0.803. The Kier molecular flexibility index (Phi) is 5.23. The van der Waals surface area contributed by atoms with E-state index in [2.05, 4.69) is 6.92 Å². The number of ether oxygens (including phenoxy) is 1. The number of fused-ring (bicyclic) bond motifs is 1. The van der Waals surface area contributed by atoms with Crippen LogP contribution >= 0.6 is 0 Å². The van der Waals surface area contributed by atoms with Crippen molar-refractivity contribution in [1.82, 2.24) is 9.80 Å². The van der Waals surface area contributed by atoms with Gasteiger partial charge in [0, 0.05) is 32.1 Å². The molecule has 3 amide bonds. The molecule has 0 aromatic heterocycles. The van der Waals surface area contributed by atoms with Gasteiger partial charge in [0.1, 0.15) is 11.9 Å². The van der Waals surface area contributed by atoms with Crippen LogP contribution in [0.3, 0.4) is 0 Å². The van der Waals surface area contributed by atoms with Gasteiger partial charge in [0.2, 0.25) is 5.91 Å². The first-order valence-corrected chi connectivity index (χ1v) is 10.3. The molecule has 0 bridgehead atoms. The zero-order chi connectivity index (χ0) is 18.8. The lowest BCUT2D eigenvalue weighted by Crippen LogP contribution is -2.52. The highest BCUT2D eigenvalue weighted by Crippen LogP contribution is 2.35. The molecule has 1 atom stereocenters. The smallest absolute Gasteiger partial charge is 0.324 e. The molecule has 0 radical (unpaired) electrons. The first kappa shape index (κ1) is 18.1. The largest absolute Gasteiger partial charge is 0.486 e. The van der Waals surface area contributed by atoms with E-state index in [-0.39, 0.29) is 18.1 Å². The Morgan fingerprint density at radius 3 is 2.44 bits per heavy atom. The maximum absolute atomic E-state index is 13.2. The molecule has 2 fully saturated rings. The van der Waals surface area contributed by atoms with Crippen LogP contribution in [0.5, 0.6) is 5.75 Å². The lowest BCUT2D eigenvalue weighted by atomic mass is 9.95. The van der Waals surface area contributed by atoms with Gasteiger partial charge in [-0.2, -0.15) is 0 Å². The van der Waals surface area contributed by atoms with Crippen LogP contribution in [0.1, 0.15) is 39.0 Å². The van der Waals surface area contributed by atoms with Crippen molar-refractivity contribution in [2.24, 2.45) is 5.92 Å². The molecule has 0 N–H and O–H groups in total. The van der Waals surface area contributed by atoms with Crippen molar-refractivity contribution in [3.8, 4) is 5.75 Å². The van der Waals surface area contributed by atoms with Crippen LogP contribution in [0, 0.1) is 5.92 Å². The van der Waals surface area contributed by atoms with Gasteiger partial charge in [-0.05, 0) is 44.2 Å². The van der Waals surface area contributed by atoms with Crippen LogP contribution in [-0.2, 0) is 4.79 Å². The van der Waals surface area contributed by atoms with Gasteiger partial charge in [-0.15, -0.1) is 0 Å². The Labute approximate surface area is 161 Å². The predicted octanol–water partition coefficient (Wildman–Crippen LogP) is 3.12. The normalized spacial score (nSPS) is 23.1. The highest BCUT2D eigenvalue weighted by atomic mass is 16.5. The Bertz CT molecular complexity index is 694. The molecule has 0 aliphatic carbocycles. The summed E-state index contributed by atoms with van der Waals surface area (Å²) < 4.78 is 5.99. The minimum Gasteiger partial charge on any atom is -0.486 e. The average Bonchev–Trinajstić information content (AvgIpc) is 3.27. The van der Waals surface area contributed by atoms with Crippen molar-refractivity contribution in [1.29, 1.82) is 0 Å². The summed E-state index contributed by atoms with van der Waals surface area (Å²) in [4.78, 5) is 31.6. The van der Waals surface area contributed by atoms with Crippen molar-refractivity contribution in [3.05, 3.63) is 24.3 Å². The molecule has 1 aromatic rings. The predicted molar refractivity (Wildman–Crippen MR) is 104 cm³/mol. The highest BCUT2D eigenvalue weighted by Gasteiger charge is 2.35. The number of urea groups is 1. The number of benzene rings is 1. The van der Waals surface area contributed by atoms with E-state index in [4.69, 9.17) is 4.74 Å². The lowest BCUT2D eigenvalue weighted by molar-refractivity contribution is -0.135. The number of rotatable bonds is 2. The summed E-state index contributed by atoms with van der Waals surface area (Å²) in [6.45, 7) is 5.77. The van der Waals surface area contributed by atoms with Crippen molar-refractivity contribution >= 4 is 17.6 Å². The van der Waals surface area contributed by atoms with Gasteiger partial charge in [0.15, 0.2) is 0 Å². The molecule has 0 spiro atoms. The number of nitrogens with zero attached hydrogens (tertiary/aromatic N) is 3. The molecule has 3 heterocycles. The molecular weight excluding hydrogens is 342 g/mol. The van der Waals surface area contributed by atoms with E-state index in [0.717, 1.165) is 56.6 Å². The number of hydrogen-bond donors (Lipinski definition) is 0. The van der Waals surface area contributed by atoms with Crippen LogP contribution in [-0.4, -0.2) is 60.6 Å². The number of anilines is 1. The summed E-state index contributed by atoms with van der Waals surface area (Å²) in [5.74, 6) is 1.15. The fourth-order valence-corrected chi connectivity index (χ4v) is 4.38. The number of likely N-dealkylation sites (tertiary alicyclic amines) is 2. The molecule has 0 saturated carbocycles. The monoisotopic (exact) mass is 371 g/mol. The highest BCUT2D eigenvalue weighted by molar-refractivity contribution is 5.94. The zero-order valence-electron chi connectivity index (χ0n) is 16.1. The maximum Gasteiger partial charge on any atom is 0.324 e. The third kappa shape index (κ3) is 3.62. The lowest BCUT2D eigenvalue weighted by Gasteiger charge is -2.40. The fraction of sp³-hybridized carbons (Fsp3) is 0.619. The van der Waals surface area contributed by atoms with Crippen LogP contribution in [0.25, 0.3) is 0 Å². The van der Waals surface area contributed by atoms with Crippen molar-refractivity contribution < 1.29 is 14.3 Å². The summed E-state index contributed by atoms with van der Waals surface area (Å²) >= 11 is 0. The second-order valence-corrected chi connectivity index (χ2v) is 7.80. The molecule has 6 heteroatoms. The summed E-state index contributed by atoms with van der Waals surface area (Å²) in [5.41, 5.74) is 0.850. The minimum atomic E-state index is 0.0260. The van der Waals surface area contributed by atoms with E-state index in [1.165, 1.54) is 0 Å². The van der Waals surface area contributed by atoms with E-state index in [1.807, 2.05) is 39.0 Å². The van der Waals surface area contributed by atoms with Gasteiger partial charge in [0.25, 0.3) is 0 Å². The molecule has 146 valence electrons. The van der Waals surface area contributed by atoms with Crippen molar-refractivity contribution in [2.75, 3.05) is 37.6 Å². The van der Waals surface area contributed by atoms with Crippen LogP contribution < -0.4 is 9.64 Å². The van der Waals surface area contributed by atoms with E-state index in [1.54, 1.807) is 0 Å². The van der Waals surface area contributed by atoms with Gasteiger partial charge >= 0.3 is 6.03 Å². The first-order chi connectivity index (χ1) is 13.2. The molecule has 3 aliphatic heterocycles. The molecule has 1 aromatic carbocycles. The molecule has 3 aliphatic rings. The summed E-state index contributed by atoms with van der Waals surface area (Å²) in [6.07, 6.45) is 4.67. The summed E-state index contributed by atoms with van der Waals surface area (Å²) in [7, 11) is 0. The van der Waals surface area contributed by atoms with Crippen LogP contribution in [0.15, 0.2) is 24.3 Å². The molecule has 6 nitrogen and oxygen atoms in total. The van der Waals surface area contributed by atoms with Gasteiger partial charge in [-0.25, -0.2) is 4.79 Å². The Balaban J connectivity index is 1.41. The number of amides is 3. The molecular formula is C21H29N3O3. The van der Waals surface area contributed by atoms with Crippen LogP contribution in [0.2, 0.25) is 0 Å². The fourth-order valence-electron chi connectivity index (χ4n) is 4.38. The maximum atomic E-state index is 13.2. The van der Waals surface area contributed by atoms with Crippen LogP contribution in [0.4, 0.5) is 10.5 Å². The Morgan fingerprint density at radius 2 is 1.74 bits per heavy atom. The molecule has 27 heavy (non-hydrogen) atoms. The second kappa shape index (κ2) is 7.79. The number of piperidine rings is 1. The summed E-state index contributed by atoms with van der Waals surface area (Å²) in [6, 6.07) is 7.79. The number of para-hydroxylation sites is 2. The Hall–Kier alpha value is -2.24. The molecule has 2 saturated heterocycles. The van der Waals surface area contributed by atoms with E-state index < -0.39 is 0 Å². The van der Waals surface area contributed by atoms with E-state index in [9.17, 15) is 9.59 Å². The first-order valence-electron chi connectivity index (χ1n) is 10.3. The van der Waals surface area contributed by atoms with Gasteiger partial charge in [-0.1, -0.05) is 19.1 Å². The third-order valence-corrected chi connectivity index (χ3v) is 6.05. The van der Waals surface area contributed by atoms with Gasteiger partial charge in [0.05, 0.1) is 12.2 Å².